The highest BCUT2D eigenvalue weighted by atomic mass is 35.5. The van der Waals surface area contributed by atoms with E-state index in [9.17, 15) is 0 Å². The van der Waals surface area contributed by atoms with Crippen LogP contribution in [0.1, 0.15) is 12.8 Å². The van der Waals surface area contributed by atoms with Gasteiger partial charge in [-0.3, -0.25) is 0 Å². The van der Waals surface area contributed by atoms with Crippen LogP contribution in [0, 0.1) is 0 Å². The molecule has 6 nitrogen and oxygen atoms in total. The average Bonchev–Trinajstić information content (AvgIpc) is 3.25. The van der Waals surface area contributed by atoms with E-state index in [1.54, 1.807) is 7.11 Å². The van der Waals surface area contributed by atoms with E-state index in [-0.39, 0.29) is 6.10 Å². The van der Waals surface area contributed by atoms with Crippen LogP contribution >= 0.6 is 23.4 Å². The Morgan fingerprint density at radius 3 is 3.00 bits per heavy atom. The van der Waals surface area contributed by atoms with Crippen LogP contribution in [0.2, 0.25) is 5.02 Å². The number of benzene rings is 1. The maximum absolute atomic E-state index is 6.54. The van der Waals surface area contributed by atoms with Crippen molar-refractivity contribution in [1.82, 2.24) is 15.0 Å². The number of nitrogens with one attached hydrogen (secondary N) is 1. The fraction of sp³-hybridized carbons (Fsp3) is 0.350. The second-order valence-electron chi connectivity index (χ2n) is 6.49. The van der Waals surface area contributed by atoms with E-state index in [4.69, 9.17) is 26.1 Å². The molecule has 3 heterocycles. The molecule has 0 aliphatic carbocycles. The minimum absolute atomic E-state index is 0.197. The van der Waals surface area contributed by atoms with E-state index in [0.717, 1.165) is 41.6 Å². The molecule has 4 rings (SSSR count). The highest BCUT2D eigenvalue weighted by Crippen LogP contribution is 2.36. The van der Waals surface area contributed by atoms with Gasteiger partial charge in [-0.15, -0.1) is 0 Å². The quantitative estimate of drug-likeness (QED) is 0.462. The number of fused-ring (bicyclic) bond motifs is 1. The molecular weight excluding hydrogens is 396 g/mol. The molecule has 1 atom stereocenters. The molecule has 1 unspecified atom stereocenters. The Kier molecular flexibility index (Phi) is 5.85. The molecule has 0 amide bonds. The summed E-state index contributed by atoms with van der Waals surface area (Å²) in [6, 6.07) is 7.62. The Balaban J connectivity index is 1.79. The van der Waals surface area contributed by atoms with Crippen LogP contribution in [0.4, 0.5) is 5.82 Å². The maximum Gasteiger partial charge on any atom is 0.187 e. The van der Waals surface area contributed by atoms with Gasteiger partial charge in [0.25, 0.3) is 0 Å². The summed E-state index contributed by atoms with van der Waals surface area (Å²) >= 11 is 8.04. The van der Waals surface area contributed by atoms with Gasteiger partial charge in [-0.05, 0) is 31.2 Å². The number of halogens is 1. The van der Waals surface area contributed by atoms with Crippen LogP contribution in [0.15, 0.2) is 35.6 Å². The predicted molar refractivity (Wildman–Crippen MR) is 114 cm³/mol. The Bertz CT molecular complexity index is 995. The number of nitrogens with zero attached hydrogens (tertiary/aromatic N) is 3. The summed E-state index contributed by atoms with van der Waals surface area (Å²) in [5.41, 5.74) is 2.34. The lowest BCUT2D eigenvalue weighted by atomic mass is 10.1. The molecule has 1 aromatic carbocycles. The Morgan fingerprint density at radius 1 is 1.36 bits per heavy atom. The molecule has 0 radical (unpaired) electrons. The molecular formula is C20H21ClN4O2S. The standard InChI is InChI=1S/C20H21ClN4O2S/c1-26-16-7-3-6-14(17(16)21)15-9-12-10-23-20(28-2)25-18(12)19(24-15)22-11-13-5-4-8-27-13/h3,6-7,9-10,13H,4-5,8,11H2,1-2H3,(H,22,24). The third-order valence-electron chi connectivity index (χ3n) is 4.71. The number of hydrogen-bond acceptors (Lipinski definition) is 7. The maximum atomic E-state index is 6.54. The molecule has 0 bridgehead atoms. The zero-order valence-corrected chi connectivity index (χ0v) is 17.3. The number of anilines is 1. The zero-order valence-electron chi connectivity index (χ0n) is 15.7. The third-order valence-corrected chi connectivity index (χ3v) is 5.66. The van der Waals surface area contributed by atoms with Gasteiger partial charge in [0.1, 0.15) is 11.3 Å². The third kappa shape index (κ3) is 3.87. The summed E-state index contributed by atoms with van der Waals surface area (Å²) in [7, 11) is 1.60. The monoisotopic (exact) mass is 416 g/mol. The minimum atomic E-state index is 0.197. The molecule has 28 heavy (non-hydrogen) atoms. The highest BCUT2D eigenvalue weighted by molar-refractivity contribution is 7.98. The van der Waals surface area contributed by atoms with Gasteiger partial charge in [0.2, 0.25) is 0 Å². The van der Waals surface area contributed by atoms with E-state index in [2.05, 4.69) is 15.3 Å². The van der Waals surface area contributed by atoms with Crippen LogP contribution in [0.5, 0.6) is 5.75 Å². The summed E-state index contributed by atoms with van der Waals surface area (Å²) in [6.07, 6.45) is 6.13. The lowest BCUT2D eigenvalue weighted by Crippen LogP contribution is -2.19. The number of rotatable bonds is 6. The van der Waals surface area contributed by atoms with Crippen molar-refractivity contribution in [2.24, 2.45) is 0 Å². The Morgan fingerprint density at radius 2 is 2.25 bits per heavy atom. The van der Waals surface area contributed by atoms with E-state index in [0.29, 0.717) is 28.3 Å². The first-order chi connectivity index (χ1) is 13.7. The van der Waals surface area contributed by atoms with E-state index >= 15 is 0 Å². The van der Waals surface area contributed by atoms with E-state index < -0.39 is 0 Å². The minimum Gasteiger partial charge on any atom is -0.495 e. The Labute approximate surface area is 173 Å². The van der Waals surface area contributed by atoms with E-state index in [1.165, 1.54) is 11.8 Å². The first-order valence-electron chi connectivity index (χ1n) is 9.09. The molecule has 0 saturated carbocycles. The number of methoxy groups -OCH3 is 1. The topological polar surface area (TPSA) is 69.2 Å². The van der Waals surface area contributed by atoms with Gasteiger partial charge in [-0.2, -0.15) is 0 Å². The SMILES string of the molecule is COc1cccc(-c2cc3cnc(SC)nc3c(NCC3CCCO3)n2)c1Cl. The molecule has 1 fully saturated rings. The fourth-order valence-electron chi connectivity index (χ4n) is 3.26. The van der Waals surface area contributed by atoms with Crippen LogP contribution in [-0.2, 0) is 4.74 Å². The van der Waals surface area contributed by atoms with Crippen molar-refractivity contribution in [2.75, 3.05) is 31.8 Å². The van der Waals surface area contributed by atoms with Gasteiger partial charge < -0.3 is 14.8 Å². The van der Waals surface area contributed by atoms with Crippen molar-refractivity contribution in [3.05, 3.63) is 35.5 Å². The molecule has 1 aliphatic rings. The van der Waals surface area contributed by atoms with Gasteiger partial charge in [0.15, 0.2) is 11.0 Å². The van der Waals surface area contributed by atoms with Gasteiger partial charge in [0, 0.05) is 30.3 Å². The van der Waals surface area contributed by atoms with Crippen molar-refractivity contribution in [3.63, 3.8) is 0 Å². The Hall–Kier alpha value is -2.09. The van der Waals surface area contributed by atoms with Gasteiger partial charge in [-0.1, -0.05) is 35.5 Å². The van der Waals surface area contributed by atoms with Crippen LogP contribution in [-0.4, -0.2) is 47.6 Å². The van der Waals surface area contributed by atoms with Crippen molar-refractivity contribution >= 4 is 40.1 Å². The zero-order chi connectivity index (χ0) is 19.5. The van der Waals surface area contributed by atoms with Gasteiger partial charge >= 0.3 is 0 Å². The molecule has 2 aromatic heterocycles. The summed E-state index contributed by atoms with van der Waals surface area (Å²) in [4.78, 5) is 13.9. The van der Waals surface area contributed by atoms with Crippen molar-refractivity contribution < 1.29 is 9.47 Å². The molecule has 0 spiro atoms. The fourth-order valence-corrected chi connectivity index (χ4v) is 3.91. The molecule has 1 saturated heterocycles. The first kappa shape index (κ1) is 19.2. The number of thioether (sulfide) groups is 1. The number of hydrogen-bond donors (Lipinski definition) is 1. The predicted octanol–water partition coefficient (Wildman–Crippen LogP) is 4.67. The molecule has 8 heteroatoms. The summed E-state index contributed by atoms with van der Waals surface area (Å²) in [6.45, 7) is 1.51. The van der Waals surface area contributed by atoms with Gasteiger partial charge in [0.05, 0.1) is 23.9 Å². The summed E-state index contributed by atoms with van der Waals surface area (Å²) < 4.78 is 11.1. The van der Waals surface area contributed by atoms with Crippen LogP contribution in [0.25, 0.3) is 22.2 Å². The van der Waals surface area contributed by atoms with E-state index in [1.807, 2.05) is 36.7 Å². The average molecular weight is 417 g/mol. The summed E-state index contributed by atoms with van der Waals surface area (Å²) in [5.74, 6) is 1.32. The van der Waals surface area contributed by atoms with Gasteiger partial charge in [-0.25, -0.2) is 15.0 Å². The molecule has 3 aromatic rings. The second-order valence-corrected chi connectivity index (χ2v) is 7.64. The normalized spacial score (nSPS) is 16.5. The largest absolute Gasteiger partial charge is 0.495 e. The number of pyridine rings is 1. The second kappa shape index (κ2) is 8.51. The lowest BCUT2D eigenvalue weighted by molar-refractivity contribution is 0.120. The molecule has 146 valence electrons. The van der Waals surface area contributed by atoms with Crippen molar-refractivity contribution in [1.29, 1.82) is 0 Å². The van der Waals surface area contributed by atoms with Crippen molar-refractivity contribution in [3.8, 4) is 17.0 Å². The summed E-state index contributed by atoms with van der Waals surface area (Å²) in [5, 5.41) is 5.57. The first-order valence-corrected chi connectivity index (χ1v) is 10.7. The van der Waals surface area contributed by atoms with Crippen LogP contribution < -0.4 is 10.1 Å². The lowest BCUT2D eigenvalue weighted by Gasteiger charge is -2.15. The van der Waals surface area contributed by atoms with Crippen LogP contribution in [0.3, 0.4) is 0 Å². The number of ether oxygens (including phenoxy) is 2. The highest BCUT2D eigenvalue weighted by Gasteiger charge is 2.18. The van der Waals surface area contributed by atoms with Crippen molar-refractivity contribution in [2.45, 2.75) is 24.1 Å². The molecule has 1 N–H and O–H groups in total. The smallest absolute Gasteiger partial charge is 0.187 e. The molecule has 1 aliphatic heterocycles. The number of aromatic nitrogens is 3.